The Morgan fingerprint density at radius 2 is 1.67 bits per heavy atom. The molecule has 45 heavy (non-hydrogen) atoms. The van der Waals surface area contributed by atoms with Gasteiger partial charge in [0.15, 0.2) is 0 Å². The van der Waals surface area contributed by atoms with Gasteiger partial charge in [0.25, 0.3) is 11.8 Å². The van der Waals surface area contributed by atoms with Crippen molar-refractivity contribution in [2.24, 2.45) is 0 Å². The summed E-state index contributed by atoms with van der Waals surface area (Å²) in [6, 6.07) is 22.1. The molecule has 1 aromatic heterocycles. The van der Waals surface area contributed by atoms with Gasteiger partial charge in [-0.15, -0.1) is 4.41 Å². The van der Waals surface area contributed by atoms with Crippen LogP contribution in [0.25, 0.3) is 23.0 Å². The maximum Gasteiger partial charge on any atom is 0.255 e. The third-order valence-corrected chi connectivity index (χ3v) is 8.87. The number of amides is 2. The van der Waals surface area contributed by atoms with Gasteiger partial charge >= 0.3 is 0 Å². The molecular formula is C33H35FN6O4S. The summed E-state index contributed by atoms with van der Waals surface area (Å²) in [7, 11) is -2.24. The molecule has 1 aliphatic heterocycles. The lowest BCUT2D eigenvalue weighted by Gasteiger charge is -2.38. The Balaban J connectivity index is 1.64. The van der Waals surface area contributed by atoms with Crippen LogP contribution in [0.4, 0.5) is 4.39 Å². The van der Waals surface area contributed by atoms with Crippen molar-refractivity contribution in [2.75, 3.05) is 19.8 Å². The zero-order valence-electron chi connectivity index (χ0n) is 25.7. The fourth-order valence-corrected chi connectivity index (χ4v) is 6.37. The second-order valence-electron chi connectivity index (χ2n) is 11.2. The number of sulfonamides is 1. The molecule has 0 unspecified atom stereocenters. The summed E-state index contributed by atoms with van der Waals surface area (Å²) in [5, 5.41) is 12.0. The quantitative estimate of drug-likeness (QED) is 0.278. The number of hydrazine groups is 1. The van der Waals surface area contributed by atoms with Crippen LogP contribution in [0.5, 0.6) is 0 Å². The smallest absolute Gasteiger partial charge is 0.255 e. The molecule has 234 valence electrons. The SMILES string of the molecule is CCN(N1Cn2nc(-c3ccc(F)cc3)c(C(=O)NC)c2C=C1c1cccc(C(=O)NC(C)(C)c2ccccc2)c1)S(C)(=O)=O. The lowest BCUT2D eigenvalue weighted by molar-refractivity contribution is 0.0909. The van der Waals surface area contributed by atoms with E-state index >= 15 is 0 Å². The summed E-state index contributed by atoms with van der Waals surface area (Å²) >= 11 is 0. The van der Waals surface area contributed by atoms with E-state index in [9.17, 15) is 22.4 Å². The van der Waals surface area contributed by atoms with Gasteiger partial charge in [0.05, 0.1) is 28.7 Å². The molecule has 0 aliphatic carbocycles. The average Bonchev–Trinajstić information content (AvgIpc) is 3.39. The number of hydrogen-bond donors (Lipinski definition) is 2. The predicted octanol–water partition coefficient (Wildman–Crippen LogP) is 4.68. The van der Waals surface area contributed by atoms with Gasteiger partial charge in [0.1, 0.15) is 18.2 Å². The summed E-state index contributed by atoms with van der Waals surface area (Å²) in [5.41, 5.74) is 3.18. The van der Waals surface area contributed by atoms with Crippen LogP contribution in [0.15, 0.2) is 78.9 Å². The number of rotatable bonds is 9. The first kappa shape index (κ1) is 31.6. The molecule has 0 bridgehead atoms. The van der Waals surface area contributed by atoms with E-state index in [2.05, 4.69) is 15.7 Å². The maximum atomic E-state index is 13.7. The Hall–Kier alpha value is -4.81. The van der Waals surface area contributed by atoms with Crippen LogP contribution in [0, 0.1) is 5.82 Å². The highest BCUT2D eigenvalue weighted by atomic mass is 32.2. The van der Waals surface area contributed by atoms with E-state index < -0.39 is 27.3 Å². The molecule has 3 aromatic carbocycles. The number of nitrogens with one attached hydrogen (secondary N) is 2. The molecule has 5 rings (SSSR count). The Morgan fingerprint density at radius 3 is 2.29 bits per heavy atom. The minimum absolute atomic E-state index is 0.0509. The molecule has 1 aliphatic rings. The third kappa shape index (κ3) is 6.38. The molecule has 2 amide bonds. The molecular weight excluding hydrogens is 595 g/mol. The van der Waals surface area contributed by atoms with Crippen molar-refractivity contribution >= 4 is 33.6 Å². The predicted molar refractivity (Wildman–Crippen MR) is 171 cm³/mol. The highest BCUT2D eigenvalue weighted by molar-refractivity contribution is 7.88. The van der Waals surface area contributed by atoms with Crippen LogP contribution >= 0.6 is 0 Å². The van der Waals surface area contributed by atoms with Crippen LogP contribution in [-0.2, 0) is 22.2 Å². The zero-order chi connectivity index (χ0) is 32.5. The summed E-state index contributed by atoms with van der Waals surface area (Å²) in [6.07, 6.45) is 2.80. The van der Waals surface area contributed by atoms with E-state index in [1.54, 1.807) is 47.0 Å². The van der Waals surface area contributed by atoms with Gasteiger partial charge in [-0.2, -0.15) is 5.10 Å². The normalized spacial score (nSPS) is 13.3. The molecule has 2 heterocycles. The van der Waals surface area contributed by atoms with Gasteiger partial charge in [-0.3, -0.25) is 14.6 Å². The van der Waals surface area contributed by atoms with Gasteiger partial charge in [-0.25, -0.2) is 17.5 Å². The summed E-state index contributed by atoms with van der Waals surface area (Å²) in [6.45, 7) is 5.62. The van der Waals surface area contributed by atoms with Crippen molar-refractivity contribution in [3.05, 3.63) is 113 Å². The Morgan fingerprint density at radius 1 is 0.978 bits per heavy atom. The number of halogens is 1. The van der Waals surface area contributed by atoms with E-state index in [4.69, 9.17) is 0 Å². The minimum Gasteiger partial charge on any atom is -0.355 e. The first-order valence-corrected chi connectivity index (χ1v) is 16.2. The molecule has 0 saturated heterocycles. The number of benzene rings is 3. The van der Waals surface area contributed by atoms with E-state index in [-0.39, 0.29) is 24.7 Å². The first-order valence-electron chi connectivity index (χ1n) is 14.4. The first-order chi connectivity index (χ1) is 21.3. The van der Waals surface area contributed by atoms with E-state index in [1.165, 1.54) is 35.7 Å². The van der Waals surface area contributed by atoms with Crippen LogP contribution in [0.1, 0.15) is 58.3 Å². The highest BCUT2D eigenvalue weighted by Crippen LogP contribution is 2.35. The Kier molecular flexibility index (Phi) is 8.63. The number of hydrogen-bond acceptors (Lipinski definition) is 6. The van der Waals surface area contributed by atoms with Gasteiger partial charge < -0.3 is 10.6 Å². The molecule has 0 atom stereocenters. The highest BCUT2D eigenvalue weighted by Gasteiger charge is 2.34. The molecule has 2 N–H and O–H groups in total. The van der Waals surface area contributed by atoms with Gasteiger partial charge in [0.2, 0.25) is 10.0 Å². The summed E-state index contributed by atoms with van der Waals surface area (Å²) < 4.78 is 42.4. The number of carbonyl (C=O) groups excluding carboxylic acids is 2. The van der Waals surface area contributed by atoms with Crippen molar-refractivity contribution in [3.8, 4) is 11.3 Å². The lowest BCUT2D eigenvalue weighted by Crippen LogP contribution is -2.47. The van der Waals surface area contributed by atoms with E-state index in [0.29, 0.717) is 33.8 Å². The van der Waals surface area contributed by atoms with Gasteiger partial charge in [0, 0.05) is 30.3 Å². The summed E-state index contributed by atoms with van der Waals surface area (Å²) in [5.74, 6) is -1.15. The Labute approximate surface area is 262 Å². The second kappa shape index (κ2) is 12.3. The number of nitrogens with zero attached hydrogens (tertiary/aromatic N) is 4. The minimum atomic E-state index is -3.74. The zero-order valence-corrected chi connectivity index (χ0v) is 26.5. The molecule has 12 heteroatoms. The van der Waals surface area contributed by atoms with Crippen molar-refractivity contribution in [2.45, 2.75) is 33.0 Å². The van der Waals surface area contributed by atoms with Crippen LogP contribution < -0.4 is 10.6 Å². The molecule has 0 fully saturated rings. The van der Waals surface area contributed by atoms with Crippen molar-refractivity contribution < 1.29 is 22.4 Å². The largest absolute Gasteiger partial charge is 0.355 e. The molecule has 4 aromatic rings. The number of carbonyl (C=O) groups is 2. The maximum absolute atomic E-state index is 13.7. The van der Waals surface area contributed by atoms with Gasteiger partial charge in [-0.1, -0.05) is 42.5 Å². The van der Waals surface area contributed by atoms with Crippen LogP contribution in [0.2, 0.25) is 0 Å². The molecule has 0 saturated carbocycles. The van der Waals surface area contributed by atoms with E-state index in [0.717, 1.165) is 11.8 Å². The van der Waals surface area contributed by atoms with Crippen LogP contribution in [0.3, 0.4) is 0 Å². The van der Waals surface area contributed by atoms with Crippen molar-refractivity contribution in [1.82, 2.24) is 29.8 Å². The third-order valence-electron chi connectivity index (χ3n) is 7.65. The number of aromatic nitrogens is 2. The van der Waals surface area contributed by atoms with Crippen molar-refractivity contribution in [3.63, 3.8) is 0 Å². The number of fused-ring (bicyclic) bond motifs is 1. The fourth-order valence-electron chi connectivity index (χ4n) is 5.41. The molecule has 10 nitrogen and oxygen atoms in total. The topological polar surface area (TPSA) is 117 Å². The van der Waals surface area contributed by atoms with Crippen LogP contribution in [-0.4, -0.2) is 59.3 Å². The summed E-state index contributed by atoms with van der Waals surface area (Å²) in [4.78, 5) is 26.8. The monoisotopic (exact) mass is 630 g/mol. The Bertz CT molecular complexity index is 1890. The second-order valence-corrected chi connectivity index (χ2v) is 13.1. The van der Waals surface area contributed by atoms with Crippen molar-refractivity contribution in [1.29, 1.82) is 0 Å². The standard InChI is InChI=1S/C33H35FN6O4S/c1-6-40(45(5,43)44)39-21-38-28(29(32(42)35-4)30(37-38)22-15-17-26(34)18-16-22)20-27(39)23-11-10-12-24(19-23)31(41)36-33(2,3)25-13-8-7-9-14-25/h7-20H,6,21H2,1-5H3,(H,35,42)(H,36,41). The fraction of sp³-hybridized carbons (Fsp3) is 0.242. The lowest BCUT2D eigenvalue weighted by atomic mass is 9.93. The molecule has 0 radical (unpaired) electrons. The molecule has 0 spiro atoms. The van der Waals surface area contributed by atoms with E-state index in [1.807, 2.05) is 44.2 Å². The van der Waals surface area contributed by atoms with Gasteiger partial charge in [-0.05, 0) is 68.8 Å². The average molecular weight is 631 g/mol.